The summed E-state index contributed by atoms with van der Waals surface area (Å²) in [6.07, 6.45) is 5.67. The molecule has 0 aliphatic carbocycles. The Balaban J connectivity index is 2.69. The van der Waals surface area contributed by atoms with E-state index in [0.29, 0.717) is 0 Å². The molecule has 4 nitrogen and oxygen atoms in total. The zero-order valence-electron chi connectivity index (χ0n) is 5.04. The lowest BCUT2D eigenvalue weighted by atomic mass is 10.4. The van der Waals surface area contributed by atoms with Gasteiger partial charge in [-0.15, -0.1) is 0 Å². The lowest BCUT2D eigenvalue weighted by Crippen LogP contribution is -2.07. The molecule has 0 aromatic carbocycles. The maximum atomic E-state index is 10.5. The van der Waals surface area contributed by atoms with Crippen molar-refractivity contribution < 1.29 is 19.1 Å². The smallest absolute Gasteiger partial charge is 0.369 e. The van der Waals surface area contributed by atoms with E-state index in [1.165, 1.54) is 18.4 Å². The third kappa shape index (κ3) is 1.70. The highest BCUT2D eigenvalue weighted by molar-refractivity contribution is 7.52. The molecule has 0 aromatic rings. The van der Waals surface area contributed by atoms with Crippen LogP contribution < -0.4 is 0 Å². The first-order valence-corrected chi connectivity index (χ1v) is 4.33. The van der Waals surface area contributed by atoms with Gasteiger partial charge in [0.05, 0.1) is 6.26 Å². The Labute approximate surface area is 58.0 Å². The Morgan fingerprint density at radius 1 is 1.40 bits per heavy atom. The van der Waals surface area contributed by atoms with Crippen molar-refractivity contribution in [2.45, 2.75) is 5.85 Å². The van der Waals surface area contributed by atoms with Gasteiger partial charge >= 0.3 is 7.60 Å². The number of hydrogen-bond acceptors (Lipinski definition) is 2. The Kier molecular flexibility index (Phi) is 1.94. The SMILES string of the molecule is O=P(O)(O)C1C=CC=CO1. The molecule has 0 radical (unpaired) electrons. The Morgan fingerprint density at radius 3 is 2.40 bits per heavy atom. The van der Waals surface area contributed by atoms with Crippen molar-refractivity contribution in [3.8, 4) is 0 Å². The minimum atomic E-state index is -4.10. The molecule has 1 heterocycles. The summed E-state index contributed by atoms with van der Waals surface area (Å²) < 4.78 is 15.1. The number of rotatable bonds is 1. The van der Waals surface area contributed by atoms with Gasteiger partial charge in [0.15, 0.2) is 0 Å². The van der Waals surface area contributed by atoms with E-state index >= 15 is 0 Å². The molecule has 1 aliphatic rings. The summed E-state index contributed by atoms with van der Waals surface area (Å²) in [7, 11) is -4.10. The third-order valence-electron chi connectivity index (χ3n) is 1.01. The maximum absolute atomic E-state index is 10.5. The van der Waals surface area contributed by atoms with Crippen LogP contribution in [0.2, 0.25) is 0 Å². The fourth-order valence-electron chi connectivity index (χ4n) is 0.567. The van der Waals surface area contributed by atoms with Gasteiger partial charge in [-0.2, -0.15) is 0 Å². The predicted octanol–water partition coefficient (Wildman–Crippen LogP) is 0.590. The number of ether oxygens (including phenoxy) is 1. The largest absolute Gasteiger partial charge is 0.481 e. The summed E-state index contributed by atoms with van der Waals surface area (Å²) in [6.45, 7) is 0. The van der Waals surface area contributed by atoms with Crippen molar-refractivity contribution in [1.29, 1.82) is 0 Å². The standard InChI is InChI=1S/C5H7O4P/c6-10(7,8)5-3-1-2-4-9-5/h1-5H,(H2,6,7,8). The summed E-state index contributed by atoms with van der Waals surface area (Å²) in [5.41, 5.74) is 0. The van der Waals surface area contributed by atoms with Gasteiger partial charge in [0, 0.05) is 0 Å². The highest BCUT2D eigenvalue weighted by Crippen LogP contribution is 2.43. The first kappa shape index (κ1) is 7.54. The van der Waals surface area contributed by atoms with E-state index in [-0.39, 0.29) is 0 Å². The second-order valence-corrected chi connectivity index (χ2v) is 3.52. The zero-order chi connectivity index (χ0) is 7.61. The van der Waals surface area contributed by atoms with Crippen LogP contribution in [-0.4, -0.2) is 15.6 Å². The molecular weight excluding hydrogens is 155 g/mol. The molecule has 0 fully saturated rings. The van der Waals surface area contributed by atoms with E-state index < -0.39 is 13.4 Å². The predicted molar refractivity (Wildman–Crippen MR) is 35.2 cm³/mol. The first-order valence-electron chi connectivity index (χ1n) is 2.65. The minimum Gasteiger partial charge on any atom is -0.481 e. The number of hydrogen-bond donors (Lipinski definition) is 2. The lowest BCUT2D eigenvalue weighted by molar-refractivity contribution is 0.206. The van der Waals surface area contributed by atoms with Crippen molar-refractivity contribution in [3.05, 3.63) is 24.5 Å². The third-order valence-corrected chi connectivity index (χ3v) is 1.97. The highest BCUT2D eigenvalue weighted by atomic mass is 31.2. The quantitative estimate of drug-likeness (QED) is 0.553. The first-order chi connectivity index (χ1) is 4.61. The van der Waals surface area contributed by atoms with Crippen LogP contribution in [0.25, 0.3) is 0 Å². The van der Waals surface area contributed by atoms with Crippen LogP contribution in [-0.2, 0) is 9.30 Å². The molecule has 0 aromatic heterocycles. The molecule has 1 atom stereocenters. The van der Waals surface area contributed by atoms with Gasteiger partial charge < -0.3 is 14.5 Å². The van der Waals surface area contributed by atoms with Crippen molar-refractivity contribution in [2.24, 2.45) is 0 Å². The van der Waals surface area contributed by atoms with Gasteiger partial charge in [0.2, 0.25) is 5.85 Å². The fraction of sp³-hybridized carbons (Fsp3) is 0.200. The second-order valence-electron chi connectivity index (χ2n) is 1.83. The molecule has 1 unspecified atom stereocenters. The molecule has 10 heavy (non-hydrogen) atoms. The molecule has 0 saturated carbocycles. The molecule has 1 rings (SSSR count). The maximum Gasteiger partial charge on any atom is 0.369 e. The van der Waals surface area contributed by atoms with Crippen molar-refractivity contribution in [1.82, 2.24) is 0 Å². The summed E-state index contributed by atoms with van der Waals surface area (Å²) in [5, 5.41) is 0. The Morgan fingerprint density at radius 2 is 2.10 bits per heavy atom. The summed E-state index contributed by atoms with van der Waals surface area (Å²) >= 11 is 0. The van der Waals surface area contributed by atoms with E-state index in [4.69, 9.17) is 9.79 Å². The summed E-state index contributed by atoms with van der Waals surface area (Å²) in [5.74, 6) is -1.10. The molecule has 1 aliphatic heterocycles. The van der Waals surface area contributed by atoms with E-state index in [9.17, 15) is 4.57 Å². The molecule has 0 bridgehead atoms. The second kappa shape index (κ2) is 2.58. The van der Waals surface area contributed by atoms with E-state index in [1.807, 2.05) is 0 Å². The average molecular weight is 162 g/mol. The van der Waals surface area contributed by atoms with Crippen LogP contribution >= 0.6 is 7.60 Å². The Hall–Kier alpha value is -0.570. The van der Waals surface area contributed by atoms with E-state index in [1.54, 1.807) is 6.08 Å². The van der Waals surface area contributed by atoms with Crippen LogP contribution in [0.1, 0.15) is 0 Å². The fourth-order valence-corrected chi connectivity index (χ4v) is 1.12. The van der Waals surface area contributed by atoms with Crippen molar-refractivity contribution in [3.63, 3.8) is 0 Å². The van der Waals surface area contributed by atoms with Gasteiger partial charge in [-0.25, -0.2) is 0 Å². The van der Waals surface area contributed by atoms with Crippen LogP contribution in [0.3, 0.4) is 0 Å². The van der Waals surface area contributed by atoms with Crippen LogP contribution in [0.15, 0.2) is 24.5 Å². The lowest BCUT2D eigenvalue weighted by Gasteiger charge is -2.15. The minimum absolute atomic E-state index is 1.10. The van der Waals surface area contributed by atoms with Gasteiger partial charge in [0.1, 0.15) is 0 Å². The van der Waals surface area contributed by atoms with Gasteiger partial charge in [0.25, 0.3) is 0 Å². The molecule has 5 heteroatoms. The monoisotopic (exact) mass is 162 g/mol. The Bertz CT molecular complexity index is 214. The molecule has 2 N–H and O–H groups in total. The highest BCUT2D eigenvalue weighted by Gasteiger charge is 2.27. The van der Waals surface area contributed by atoms with E-state index in [2.05, 4.69) is 4.74 Å². The van der Waals surface area contributed by atoms with Crippen molar-refractivity contribution >= 4 is 7.60 Å². The molecule has 0 spiro atoms. The summed E-state index contributed by atoms with van der Waals surface area (Å²) in [4.78, 5) is 17.1. The molecule has 0 saturated heterocycles. The van der Waals surface area contributed by atoms with E-state index in [0.717, 1.165) is 0 Å². The number of allylic oxidation sites excluding steroid dienone is 2. The van der Waals surface area contributed by atoms with Crippen molar-refractivity contribution in [2.75, 3.05) is 0 Å². The zero-order valence-corrected chi connectivity index (χ0v) is 5.94. The normalized spacial score (nSPS) is 24.4. The topological polar surface area (TPSA) is 66.8 Å². The average Bonchev–Trinajstić information content (AvgIpc) is 1.88. The molecule has 56 valence electrons. The van der Waals surface area contributed by atoms with Crippen LogP contribution in [0.4, 0.5) is 0 Å². The van der Waals surface area contributed by atoms with Gasteiger partial charge in [-0.1, -0.05) is 6.08 Å². The van der Waals surface area contributed by atoms with Gasteiger partial charge in [-0.05, 0) is 12.2 Å². The molecular formula is C5H7O4P. The van der Waals surface area contributed by atoms with Crippen LogP contribution in [0, 0.1) is 0 Å². The molecule has 0 amide bonds. The summed E-state index contributed by atoms with van der Waals surface area (Å²) in [6, 6.07) is 0. The van der Waals surface area contributed by atoms with Crippen LogP contribution in [0.5, 0.6) is 0 Å². The van der Waals surface area contributed by atoms with Gasteiger partial charge in [-0.3, -0.25) is 4.57 Å².